The Morgan fingerprint density at radius 1 is 0.960 bits per heavy atom. The van der Waals surface area contributed by atoms with Gasteiger partial charge in [0.2, 0.25) is 0 Å². The lowest BCUT2D eigenvalue weighted by Gasteiger charge is -2.42. The first kappa shape index (κ1) is 19.3. The van der Waals surface area contributed by atoms with E-state index in [-0.39, 0.29) is 5.04 Å². The lowest BCUT2D eigenvalue weighted by atomic mass is 9.99. The molecular formula is C21H28O3Si. The molecule has 0 unspecified atom stereocenters. The molecule has 25 heavy (non-hydrogen) atoms. The van der Waals surface area contributed by atoms with Crippen LogP contribution in [0.5, 0.6) is 5.75 Å². The summed E-state index contributed by atoms with van der Waals surface area (Å²) >= 11 is 0. The summed E-state index contributed by atoms with van der Waals surface area (Å²) in [7, 11) is -1.92. The predicted molar refractivity (Wildman–Crippen MR) is 106 cm³/mol. The van der Waals surface area contributed by atoms with Crippen LogP contribution in [0.1, 0.15) is 38.1 Å². The molecule has 4 heteroatoms. The van der Waals surface area contributed by atoms with Crippen LogP contribution in [0.15, 0.2) is 48.5 Å². The van der Waals surface area contributed by atoms with Gasteiger partial charge in [0.15, 0.2) is 0 Å². The average molecular weight is 357 g/mol. The molecule has 2 rings (SSSR count). The quantitative estimate of drug-likeness (QED) is 0.639. The molecule has 0 radical (unpaired) electrons. The van der Waals surface area contributed by atoms with Gasteiger partial charge in [-0.2, -0.15) is 0 Å². The highest BCUT2D eigenvalue weighted by Gasteiger charge is 2.44. The van der Waals surface area contributed by atoms with Crippen LogP contribution in [0.4, 0.5) is 0 Å². The first-order valence-corrected chi connectivity index (χ1v) is 11.6. The molecule has 134 valence electrons. The average Bonchev–Trinajstić information content (AvgIpc) is 2.55. The Labute approximate surface area is 151 Å². The van der Waals surface area contributed by atoms with Crippen LogP contribution >= 0.6 is 0 Å². The lowest BCUT2D eigenvalue weighted by Crippen LogP contribution is -2.47. The minimum Gasteiger partial charge on any atom is -0.543 e. The molecule has 0 saturated carbocycles. The maximum absolute atomic E-state index is 10.9. The number of rotatable bonds is 6. The highest BCUT2D eigenvalue weighted by Crippen LogP contribution is 2.44. The van der Waals surface area contributed by atoms with Crippen LogP contribution in [0, 0.1) is 5.92 Å². The van der Waals surface area contributed by atoms with Gasteiger partial charge in [0.1, 0.15) is 5.75 Å². The highest BCUT2D eigenvalue weighted by atomic mass is 28.4. The van der Waals surface area contributed by atoms with E-state index in [0.29, 0.717) is 11.5 Å². The normalized spacial score (nSPS) is 12.3. The molecule has 0 saturated heterocycles. The fourth-order valence-electron chi connectivity index (χ4n) is 2.64. The van der Waals surface area contributed by atoms with Crippen LogP contribution in [0.2, 0.25) is 18.1 Å². The van der Waals surface area contributed by atoms with Crippen LogP contribution in [0.25, 0.3) is 11.1 Å². The topological polar surface area (TPSA) is 46.5 Å². The zero-order chi connectivity index (χ0) is 18.8. The number of benzene rings is 2. The third-order valence-electron chi connectivity index (χ3n) is 5.69. The van der Waals surface area contributed by atoms with Crippen molar-refractivity contribution in [3.05, 3.63) is 54.1 Å². The second-order valence-electron chi connectivity index (χ2n) is 7.90. The van der Waals surface area contributed by atoms with Crippen molar-refractivity contribution in [2.75, 3.05) is 0 Å². The van der Waals surface area contributed by atoms with Gasteiger partial charge in [-0.3, -0.25) is 0 Å². The van der Waals surface area contributed by atoms with Gasteiger partial charge in [-0.1, -0.05) is 52.0 Å². The van der Waals surface area contributed by atoms with Crippen LogP contribution in [-0.4, -0.2) is 19.4 Å². The lowest BCUT2D eigenvalue weighted by molar-refractivity contribution is 0.0697. The van der Waals surface area contributed by atoms with E-state index < -0.39 is 14.3 Å². The molecule has 0 amide bonds. The zero-order valence-electron chi connectivity index (χ0n) is 16.0. The monoisotopic (exact) mass is 356 g/mol. The molecule has 0 atom stereocenters. The number of carboxylic acids is 1. The standard InChI is InChI=1S/C21H28O3Si/c1-15(2)21(3,4)25(5,6)24-19-13-11-17(12-14-19)16-7-9-18(10-8-16)20(22)23/h7-15H,1-6H3,(H,22,23). The van der Waals surface area contributed by atoms with Crippen molar-refractivity contribution >= 4 is 14.3 Å². The Bertz CT molecular complexity index is 729. The fraction of sp³-hybridized carbons (Fsp3) is 0.381. The number of hydrogen-bond donors (Lipinski definition) is 1. The molecule has 0 heterocycles. The summed E-state index contributed by atoms with van der Waals surface area (Å²) in [6, 6.07) is 15.0. The van der Waals surface area contributed by atoms with Crippen LogP contribution < -0.4 is 4.43 Å². The first-order chi connectivity index (χ1) is 11.5. The van der Waals surface area contributed by atoms with Crippen LogP contribution in [-0.2, 0) is 0 Å². The summed E-state index contributed by atoms with van der Waals surface area (Å²) in [6.07, 6.45) is 0. The maximum Gasteiger partial charge on any atom is 0.335 e. The smallest absolute Gasteiger partial charge is 0.335 e. The number of hydrogen-bond acceptors (Lipinski definition) is 2. The van der Waals surface area contributed by atoms with Gasteiger partial charge in [0.05, 0.1) is 5.56 Å². The number of carbonyl (C=O) groups is 1. The summed E-state index contributed by atoms with van der Waals surface area (Å²) in [6.45, 7) is 13.6. The molecular weight excluding hydrogens is 328 g/mol. The van der Waals surface area contributed by atoms with Crippen molar-refractivity contribution in [3.63, 3.8) is 0 Å². The highest BCUT2D eigenvalue weighted by molar-refractivity contribution is 6.74. The Kier molecular flexibility index (Phi) is 5.42. The molecule has 3 nitrogen and oxygen atoms in total. The fourth-order valence-corrected chi connectivity index (χ4v) is 5.02. The molecule has 0 aliphatic rings. The van der Waals surface area contributed by atoms with E-state index in [1.807, 2.05) is 36.4 Å². The summed E-state index contributed by atoms with van der Waals surface area (Å²) in [5.41, 5.74) is 2.34. The minimum atomic E-state index is -1.92. The minimum absolute atomic E-state index is 0.165. The Balaban J connectivity index is 2.18. The van der Waals surface area contributed by atoms with Crippen molar-refractivity contribution in [3.8, 4) is 16.9 Å². The molecule has 1 N–H and O–H groups in total. The zero-order valence-corrected chi connectivity index (χ0v) is 17.0. The largest absolute Gasteiger partial charge is 0.543 e. The molecule has 0 aliphatic heterocycles. The second-order valence-corrected chi connectivity index (χ2v) is 12.4. The Morgan fingerprint density at radius 3 is 1.80 bits per heavy atom. The van der Waals surface area contributed by atoms with Crippen molar-refractivity contribution in [2.45, 2.75) is 45.8 Å². The van der Waals surface area contributed by atoms with Crippen molar-refractivity contribution in [2.24, 2.45) is 5.92 Å². The SMILES string of the molecule is CC(C)C(C)(C)[Si](C)(C)Oc1ccc(-c2ccc(C(=O)O)cc2)cc1. The van der Waals surface area contributed by atoms with Gasteiger partial charge in [-0.25, -0.2) is 4.79 Å². The summed E-state index contributed by atoms with van der Waals surface area (Å²) < 4.78 is 6.43. The van der Waals surface area contributed by atoms with E-state index in [4.69, 9.17) is 9.53 Å². The van der Waals surface area contributed by atoms with E-state index in [1.165, 1.54) is 0 Å². The Hall–Kier alpha value is -2.07. The summed E-state index contributed by atoms with van der Waals surface area (Å²) in [4.78, 5) is 10.9. The molecule has 0 aromatic heterocycles. The summed E-state index contributed by atoms with van der Waals surface area (Å²) in [5.74, 6) is 0.549. The van der Waals surface area contributed by atoms with Gasteiger partial charge in [-0.15, -0.1) is 0 Å². The van der Waals surface area contributed by atoms with Gasteiger partial charge in [0.25, 0.3) is 8.32 Å². The van der Waals surface area contributed by atoms with Crippen molar-refractivity contribution in [1.82, 2.24) is 0 Å². The third-order valence-corrected chi connectivity index (χ3v) is 10.1. The van der Waals surface area contributed by atoms with Gasteiger partial charge in [0, 0.05) is 0 Å². The summed E-state index contributed by atoms with van der Waals surface area (Å²) in [5, 5.41) is 9.15. The van der Waals surface area contributed by atoms with E-state index >= 15 is 0 Å². The van der Waals surface area contributed by atoms with E-state index in [9.17, 15) is 4.79 Å². The van der Waals surface area contributed by atoms with Crippen molar-refractivity contribution in [1.29, 1.82) is 0 Å². The maximum atomic E-state index is 10.9. The molecule has 2 aromatic rings. The van der Waals surface area contributed by atoms with E-state index in [1.54, 1.807) is 12.1 Å². The molecule has 0 spiro atoms. The first-order valence-electron chi connectivity index (χ1n) is 8.67. The van der Waals surface area contributed by atoms with Gasteiger partial charge in [-0.05, 0) is 59.4 Å². The van der Waals surface area contributed by atoms with E-state index in [0.717, 1.165) is 16.9 Å². The second kappa shape index (κ2) is 7.04. The molecule has 0 fully saturated rings. The van der Waals surface area contributed by atoms with Gasteiger partial charge >= 0.3 is 5.97 Å². The van der Waals surface area contributed by atoms with E-state index in [2.05, 4.69) is 40.8 Å². The Morgan fingerprint density at radius 2 is 1.40 bits per heavy atom. The molecule has 0 bridgehead atoms. The number of carboxylic acid groups (broad SMARTS) is 1. The van der Waals surface area contributed by atoms with Crippen LogP contribution in [0.3, 0.4) is 0 Å². The molecule has 2 aromatic carbocycles. The number of aromatic carboxylic acids is 1. The third kappa shape index (κ3) is 4.13. The van der Waals surface area contributed by atoms with Gasteiger partial charge < -0.3 is 9.53 Å². The molecule has 0 aliphatic carbocycles. The predicted octanol–water partition coefficient (Wildman–Crippen LogP) is 6.07. The van der Waals surface area contributed by atoms with Crippen molar-refractivity contribution < 1.29 is 14.3 Å².